The number of rotatable bonds is 5. The maximum atomic E-state index is 14.1. The summed E-state index contributed by atoms with van der Waals surface area (Å²) in [7, 11) is 0. The Kier molecular flexibility index (Phi) is 7.77. The van der Waals surface area contributed by atoms with Gasteiger partial charge in [-0.1, -0.05) is 42.8 Å². The molecule has 4 amide bonds. The first-order valence-corrected chi connectivity index (χ1v) is 18.0. The summed E-state index contributed by atoms with van der Waals surface area (Å²) in [6.07, 6.45) is 0.954. The largest absolute Gasteiger partial charge is 0.369 e. The molecule has 1 aliphatic carbocycles. The number of aryl methyl sites for hydroxylation is 1. The van der Waals surface area contributed by atoms with Gasteiger partial charge in [0.25, 0.3) is 11.8 Å². The molecule has 2 saturated heterocycles. The number of hydrogen-bond donors (Lipinski definition) is 2. The number of carbonyl (C=O) groups is 5. The van der Waals surface area contributed by atoms with E-state index in [0.29, 0.717) is 22.1 Å². The normalized spacial score (nSPS) is 20.0. The number of imide groups is 2. The lowest BCUT2D eigenvalue weighted by Crippen LogP contribution is -2.54. The fraction of sp³-hybridized carbons (Fsp3) is 0.333. The van der Waals surface area contributed by atoms with E-state index in [0.717, 1.165) is 82.0 Å². The van der Waals surface area contributed by atoms with Crippen LogP contribution in [0.5, 0.6) is 0 Å². The maximum Gasteiger partial charge on any atom is 0.262 e. The number of fused-ring (bicyclic) bond motifs is 5. The van der Waals surface area contributed by atoms with Gasteiger partial charge in [0.2, 0.25) is 11.8 Å². The van der Waals surface area contributed by atoms with Gasteiger partial charge in [0.1, 0.15) is 6.04 Å². The van der Waals surface area contributed by atoms with E-state index in [4.69, 9.17) is 0 Å². The summed E-state index contributed by atoms with van der Waals surface area (Å²) in [6.45, 7) is 9.99. The number of piperazine rings is 1. The Bertz CT molecular complexity index is 2290. The molecule has 0 radical (unpaired) electrons. The Morgan fingerprint density at radius 3 is 2.31 bits per heavy atom. The van der Waals surface area contributed by atoms with Crippen LogP contribution in [0.15, 0.2) is 46.9 Å². The Morgan fingerprint density at radius 2 is 1.63 bits per heavy atom. The van der Waals surface area contributed by atoms with E-state index in [1.54, 1.807) is 24.3 Å². The zero-order valence-corrected chi connectivity index (χ0v) is 30.1. The minimum atomic E-state index is -1.01. The molecule has 0 saturated carbocycles. The molecule has 3 aliphatic heterocycles. The van der Waals surface area contributed by atoms with Gasteiger partial charge in [-0.25, -0.2) is 0 Å². The predicted molar refractivity (Wildman–Crippen MR) is 193 cm³/mol. The topological polar surface area (TPSA) is 147 Å². The van der Waals surface area contributed by atoms with Gasteiger partial charge >= 0.3 is 0 Å². The van der Waals surface area contributed by atoms with Crippen molar-refractivity contribution < 1.29 is 24.0 Å². The molecule has 11 nitrogen and oxygen atoms in total. The second kappa shape index (κ2) is 12.0. The Hall–Kier alpha value is -5.12. The van der Waals surface area contributed by atoms with Crippen molar-refractivity contribution in [2.45, 2.75) is 58.0 Å². The highest BCUT2D eigenvalue weighted by Crippen LogP contribution is 2.46. The number of carbonyl (C=O) groups excluding carboxylic acids is 5. The van der Waals surface area contributed by atoms with Crippen molar-refractivity contribution in [1.29, 1.82) is 5.26 Å². The van der Waals surface area contributed by atoms with Crippen LogP contribution in [0.3, 0.4) is 0 Å². The summed E-state index contributed by atoms with van der Waals surface area (Å²) in [6, 6.07) is 14.3. The third-order valence-corrected chi connectivity index (χ3v) is 11.7. The molecular weight excluding hydrogens is 712 g/mol. The van der Waals surface area contributed by atoms with E-state index in [9.17, 15) is 29.2 Å². The lowest BCUT2D eigenvalue weighted by Gasteiger charge is -2.39. The first kappa shape index (κ1) is 33.0. The Labute approximate surface area is 302 Å². The number of nitrogens with zero attached hydrogens (tertiary/aromatic N) is 4. The monoisotopic (exact) mass is 746 g/mol. The molecule has 3 aromatic carbocycles. The SMILES string of the molecule is CCc1cc2c(cc1N1CCN(Cc3cc4c(cc3Br)C(=O)N(C3CCC(=O)NC3=O)C4=O)CC1)C(C)(C)c1[nH]c3cc(C#N)ccc3c1C2=O. The third-order valence-electron chi connectivity index (χ3n) is 11.0. The summed E-state index contributed by atoms with van der Waals surface area (Å²) in [4.78, 5) is 74.1. The van der Waals surface area contributed by atoms with Gasteiger partial charge in [-0.15, -0.1) is 0 Å². The van der Waals surface area contributed by atoms with Crippen LogP contribution in [0.1, 0.15) is 98.2 Å². The van der Waals surface area contributed by atoms with E-state index < -0.39 is 35.1 Å². The number of nitrogens with one attached hydrogen (secondary N) is 2. The highest BCUT2D eigenvalue weighted by Gasteiger charge is 2.45. The summed E-state index contributed by atoms with van der Waals surface area (Å²) in [5.74, 6) is -2.08. The van der Waals surface area contributed by atoms with Crippen LogP contribution in [0.2, 0.25) is 0 Å². The molecule has 0 bridgehead atoms. The van der Waals surface area contributed by atoms with Crippen LogP contribution in [-0.2, 0) is 28.0 Å². The van der Waals surface area contributed by atoms with Crippen molar-refractivity contribution in [2.75, 3.05) is 31.1 Å². The first-order chi connectivity index (χ1) is 24.4. The molecular formula is C39H35BrN6O5. The van der Waals surface area contributed by atoms with Crippen molar-refractivity contribution in [2.24, 2.45) is 0 Å². The van der Waals surface area contributed by atoms with Gasteiger partial charge in [-0.2, -0.15) is 5.26 Å². The fourth-order valence-corrected chi connectivity index (χ4v) is 8.67. The number of amides is 4. The number of ketones is 1. The predicted octanol–water partition coefficient (Wildman–Crippen LogP) is 4.96. The Balaban J connectivity index is 1.02. The summed E-state index contributed by atoms with van der Waals surface area (Å²) < 4.78 is 0.713. The maximum absolute atomic E-state index is 14.1. The number of aromatic amines is 1. The van der Waals surface area contributed by atoms with Crippen LogP contribution >= 0.6 is 15.9 Å². The number of piperidine rings is 1. The van der Waals surface area contributed by atoms with E-state index in [1.165, 1.54) is 0 Å². The molecule has 8 rings (SSSR count). The molecule has 4 heterocycles. The molecule has 1 atom stereocenters. The van der Waals surface area contributed by atoms with Crippen LogP contribution in [0.25, 0.3) is 10.9 Å². The highest BCUT2D eigenvalue weighted by molar-refractivity contribution is 9.10. The number of aromatic nitrogens is 1. The van der Waals surface area contributed by atoms with Gasteiger partial charge in [0.05, 0.1) is 28.3 Å². The highest BCUT2D eigenvalue weighted by atomic mass is 79.9. The lowest BCUT2D eigenvalue weighted by atomic mass is 9.70. The number of H-pyrrole nitrogens is 1. The number of halogens is 1. The summed E-state index contributed by atoms with van der Waals surface area (Å²) in [5.41, 5.74) is 7.74. The standard InChI is InChI=1S/C39H35BrN6O5/c1-4-21-14-26-27(39(2,3)35-33(34(26)48)23-6-5-20(18-41)13-29(23)42-35)17-31(21)45-11-9-44(10-12-45)19-22-15-24-25(16-28(22)40)38(51)46(37(24)50)30-7-8-32(47)43-36(30)49/h5-6,13-17,30,42H,4,7-12,19H2,1-3H3,(H,43,47,49). The zero-order valence-electron chi connectivity index (χ0n) is 28.5. The van der Waals surface area contributed by atoms with E-state index in [2.05, 4.69) is 75.0 Å². The van der Waals surface area contributed by atoms with Gasteiger partial charge in [0.15, 0.2) is 5.78 Å². The van der Waals surface area contributed by atoms with Crippen LogP contribution in [0, 0.1) is 11.3 Å². The number of benzene rings is 3. The minimum Gasteiger partial charge on any atom is -0.369 e. The van der Waals surface area contributed by atoms with Gasteiger partial charge in [-0.05, 0) is 65.9 Å². The van der Waals surface area contributed by atoms with E-state index in [1.807, 2.05) is 6.07 Å². The van der Waals surface area contributed by atoms with Gasteiger partial charge < -0.3 is 9.88 Å². The van der Waals surface area contributed by atoms with Crippen LogP contribution < -0.4 is 10.2 Å². The molecule has 4 aromatic rings. The zero-order chi connectivity index (χ0) is 35.9. The van der Waals surface area contributed by atoms with Crippen LogP contribution in [-0.4, -0.2) is 76.4 Å². The van der Waals surface area contributed by atoms with Crippen molar-refractivity contribution in [3.05, 3.63) is 97.1 Å². The molecule has 258 valence electrons. The second-order valence-corrected chi connectivity index (χ2v) is 15.1. The smallest absolute Gasteiger partial charge is 0.262 e. The summed E-state index contributed by atoms with van der Waals surface area (Å²) in [5, 5.41) is 12.5. The van der Waals surface area contributed by atoms with Crippen molar-refractivity contribution >= 4 is 61.9 Å². The van der Waals surface area contributed by atoms with E-state index in [-0.39, 0.29) is 29.8 Å². The molecule has 51 heavy (non-hydrogen) atoms. The minimum absolute atomic E-state index is 0.00156. The van der Waals surface area contributed by atoms with Gasteiger partial charge in [-0.3, -0.25) is 39.1 Å². The Morgan fingerprint density at radius 1 is 0.922 bits per heavy atom. The molecule has 12 heteroatoms. The molecule has 4 aliphatic rings. The second-order valence-electron chi connectivity index (χ2n) is 14.3. The molecule has 1 unspecified atom stereocenters. The lowest BCUT2D eigenvalue weighted by molar-refractivity contribution is -0.136. The average molecular weight is 748 g/mol. The van der Waals surface area contributed by atoms with Crippen molar-refractivity contribution in [1.82, 2.24) is 20.1 Å². The number of anilines is 1. The number of nitriles is 1. The average Bonchev–Trinajstić information content (AvgIpc) is 3.62. The molecule has 2 fully saturated rings. The molecule has 0 spiro atoms. The molecule has 1 aromatic heterocycles. The van der Waals surface area contributed by atoms with Gasteiger partial charge in [0, 0.05) is 76.9 Å². The van der Waals surface area contributed by atoms with Crippen LogP contribution in [0.4, 0.5) is 5.69 Å². The van der Waals surface area contributed by atoms with Crippen molar-refractivity contribution in [3.8, 4) is 6.07 Å². The fourth-order valence-electron chi connectivity index (χ4n) is 8.20. The summed E-state index contributed by atoms with van der Waals surface area (Å²) >= 11 is 3.62. The quantitative estimate of drug-likeness (QED) is 0.273. The van der Waals surface area contributed by atoms with E-state index >= 15 is 0 Å². The number of hydrogen-bond acceptors (Lipinski definition) is 8. The molecule has 2 N–H and O–H groups in total. The first-order valence-electron chi connectivity index (χ1n) is 17.2. The third kappa shape index (κ3) is 5.13. The van der Waals surface area contributed by atoms with Crippen molar-refractivity contribution in [3.63, 3.8) is 0 Å².